The molecular weight excluding hydrogens is 230 g/mol. The normalized spacial score (nSPS) is 12.3. The van der Waals surface area contributed by atoms with Crippen molar-refractivity contribution in [2.45, 2.75) is 40.0 Å². The van der Waals surface area contributed by atoms with Gasteiger partial charge >= 0.3 is 5.97 Å². The van der Waals surface area contributed by atoms with Gasteiger partial charge in [-0.25, -0.2) is 4.98 Å². The first-order valence-electron chi connectivity index (χ1n) is 6.01. The van der Waals surface area contributed by atoms with Crippen LogP contribution in [0.4, 0.5) is 0 Å². The highest BCUT2D eigenvalue weighted by molar-refractivity contribution is 5.69. The van der Waals surface area contributed by atoms with Gasteiger partial charge in [0.05, 0.1) is 12.1 Å². The van der Waals surface area contributed by atoms with Crippen molar-refractivity contribution in [1.82, 2.24) is 4.98 Å². The highest BCUT2D eigenvalue weighted by Crippen LogP contribution is 2.15. The Kier molecular flexibility index (Phi) is 5.36. The molecule has 0 aromatic carbocycles. The molecule has 0 bridgehead atoms. The molecule has 4 nitrogen and oxygen atoms in total. The third kappa shape index (κ3) is 4.20. The summed E-state index contributed by atoms with van der Waals surface area (Å²) in [5.74, 6) is 0.314. The molecule has 0 unspecified atom stereocenters. The molecular formula is C14H19NO3. The number of hydrogen-bond donors (Lipinski definition) is 1. The number of oxazole rings is 1. The second-order valence-electron chi connectivity index (χ2n) is 4.04. The van der Waals surface area contributed by atoms with E-state index in [4.69, 9.17) is 9.52 Å². The van der Waals surface area contributed by atoms with Crippen LogP contribution in [0.25, 0.3) is 0 Å². The third-order valence-electron chi connectivity index (χ3n) is 2.63. The van der Waals surface area contributed by atoms with E-state index in [1.807, 2.05) is 32.1 Å². The molecule has 1 heterocycles. The van der Waals surface area contributed by atoms with Gasteiger partial charge in [0.25, 0.3) is 0 Å². The topological polar surface area (TPSA) is 63.3 Å². The van der Waals surface area contributed by atoms with E-state index in [0.29, 0.717) is 23.8 Å². The molecule has 0 amide bonds. The second kappa shape index (κ2) is 6.79. The van der Waals surface area contributed by atoms with Gasteiger partial charge in [0, 0.05) is 6.42 Å². The fourth-order valence-corrected chi connectivity index (χ4v) is 1.69. The zero-order valence-electron chi connectivity index (χ0n) is 11.1. The Morgan fingerprint density at radius 3 is 2.72 bits per heavy atom. The standard InChI is InChI=1S/C14H19NO3/c1-4-6-11(5-2)7-8-13-15-12(9-14(16)17)10(3)18-13/h4-6H,7-9H2,1-3H3,(H,16,17)/b6-4-,11-5+. The molecule has 0 aliphatic carbocycles. The first-order valence-corrected chi connectivity index (χ1v) is 6.01. The molecule has 0 radical (unpaired) electrons. The molecule has 0 atom stereocenters. The zero-order valence-corrected chi connectivity index (χ0v) is 11.1. The van der Waals surface area contributed by atoms with Crippen LogP contribution in [-0.4, -0.2) is 16.1 Å². The highest BCUT2D eigenvalue weighted by atomic mass is 16.4. The van der Waals surface area contributed by atoms with Gasteiger partial charge in [0.1, 0.15) is 5.76 Å². The number of carboxylic acid groups (broad SMARTS) is 1. The van der Waals surface area contributed by atoms with Crippen LogP contribution >= 0.6 is 0 Å². The average molecular weight is 249 g/mol. The van der Waals surface area contributed by atoms with Gasteiger partial charge in [0.2, 0.25) is 0 Å². The van der Waals surface area contributed by atoms with Crippen molar-refractivity contribution < 1.29 is 14.3 Å². The number of allylic oxidation sites excluding steroid dienone is 4. The van der Waals surface area contributed by atoms with Crippen LogP contribution < -0.4 is 0 Å². The van der Waals surface area contributed by atoms with Crippen LogP contribution in [0.3, 0.4) is 0 Å². The van der Waals surface area contributed by atoms with Crippen LogP contribution in [0.1, 0.15) is 37.6 Å². The summed E-state index contributed by atoms with van der Waals surface area (Å²) in [6, 6.07) is 0. The maximum atomic E-state index is 10.6. The SMILES string of the molecule is C/C=C\C(=C/C)CCc1nc(CC(=O)O)c(C)o1. The van der Waals surface area contributed by atoms with E-state index in [1.54, 1.807) is 6.92 Å². The van der Waals surface area contributed by atoms with E-state index >= 15 is 0 Å². The number of rotatable bonds is 6. The van der Waals surface area contributed by atoms with Crippen LogP contribution in [0.15, 0.2) is 28.2 Å². The van der Waals surface area contributed by atoms with Crippen molar-refractivity contribution in [2.24, 2.45) is 0 Å². The van der Waals surface area contributed by atoms with Gasteiger partial charge in [-0.15, -0.1) is 0 Å². The Hall–Kier alpha value is -1.84. The lowest BCUT2D eigenvalue weighted by Gasteiger charge is -1.98. The largest absolute Gasteiger partial charge is 0.481 e. The van der Waals surface area contributed by atoms with Crippen molar-refractivity contribution in [1.29, 1.82) is 0 Å². The van der Waals surface area contributed by atoms with Gasteiger partial charge in [-0.1, -0.05) is 23.8 Å². The monoisotopic (exact) mass is 249 g/mol. The van der Waals surface area contributed by atoms with Crippen molar-refractivity contribution in [3.8, 4) is 0 Å². The van der Waals surface area contributed by atoms with Crippen molar-refractivity contribution in [3.63, 3.8) is 0 Å². The molecule has 1 N–H and O–H groups in total. The number of nitrogens with zero attached hydrogens (tertiary/aromatic N) is 1. The van der Waals surface area contributed by atoms with Gasteiger partial charge < -0.3 is 9.52 Å². The predicted molar refractivity (Wildman–Crippen MR) is 69.5 cm³/mol. The summed E-state index contributed by atoms with van der Waals surface area (Å²) in [5.41, 5.74) is 1.73. The summed E-state index contributed by atoms with van der Waals surface area (Å²) < 4.78 is 5.46. The number of carboxylic acids is 1. The summed E-state index contributed by atoms with van der Waals surface area (Å²) in [4.78, 5) is 14.8. The van der Waals surface area contributed by atoms with E-state index < -0.39 is 5.97 Å². The van der Waals surface area contributed by atoms with Gasteiger partial charge in [-0.3, -0.25) is 4.79 Å². The molecule has 0 aliphatic rings. The maximum absolute atomic E-state index is 10.6. The van der Waals surface area contributed by atoms with E-state index in [9.17, 15) is 4.79 Å². The molecule has 98 valence electrons. The fourth-order valence-electron chi connectivity index (χ4n) is 1.69. The Bertz CT molecular complexity index is 469. The van der Waals surface area contributed by atoms with Gasteiger partial charge in [0.15, 0.2) is 5.89 Å². The molecule has 0 saturated heterocycles. The summed E-state index contributed by atoms with van der Waals surface area (Å²) in [6.45, 7) is 5.72. The molecule has 0 fully saturated rings. The smallest absolute Gasteiger partial charge is 0.309 e. The number of aliphatic carboxylic acids is 1. The summed E-state index contributed by atoms with van der Waals surface area (Å²) in [7, 11) is 0. The molecule has 1 aromatic heterocycles. The van der Waals surface area contributed by atoms with Gasteiger partial charge in [-0.2, -0.15) is 0 Å². The molecule has 0 aliphatic heterocycles. The number of hydrogen-bond acceptors (Lipinski definition) is 3. The van der Waals surface area contributed by atoms with Crippen LogP contribution in [-0.2, 0) is 17.6 Å². The third-order valence-corrected chi connectivity index (χ3v) is 2.63. The Morgan fingerprint density at radius 1 is 1.44 bits per heavy atom. The Morgan fingerprint density at radius 2 is 2.17 bits per heavy atom. The minimum Gasteiger partial charge on any atom is -0.481 e. The van der Waals surface area contributed by atoms with Gasteiger partial charge in [-0.05, 0) is 27.2 Å². The van der Waals surface area contributed by atoms with E-state index in [1.165, 1.54) is 5.57 Å². The number of aromatic nitrogens is 1. The van der Waals surface area contributed by atoms with Crippen LogP contribution in [0.5, 0.6) is 0 Å². The van der Waals surface area contributed by atoms with E-state index in [-0.39, 0.29) is 6.42 Å². The Balaban J connectivity index is 2.66. The lowest BCUT2D eigenvalue weighted by molar-refractivity contribution is -0.136. The highest BCUT2D eigenvalue weighted by Gasteiger charge is 2.12. The van der Waals surface area contributed by atoms with Crippen molar-refractivity contribution in [2.75, 3.05) is 0 Å². The summed E-state index contributed by atoms with van der Waals surface area (Å²) in [6.07, 6.45) is 7.53. The van der Waals surface area contributed by atoms with Crippen LogP contribution in [0.2, 0.25) is 0 Å². The maximum Gasteiger partial charge on any atom is 0.309 e. The molecule has 0 spiro atoms. The number of aryl methyl sites for hydroxylation is 2. The van der Waals surface area contributed by atoms with E-state index in [0.717, 1.165) is 6.42 Å². The van der Waals surface area contributed by atoms with Crippen molar-refractivity contribution >= 4 is 5.97 Å². The van der Waals surface area contributed by atoms with E-state index in [2.05, 4.69) is 4.98 Å². The Labute approximate surface area is 107 Å². The molecule has 4 heteroatoms. The quantitative estimate of drug-likeness (QED) is 0.787. The predicted octanol–water partition coefficient (Wildman–Crippen LogP) is 3.07. The molecule has 18 heavy (non-hydrogen) atoms. The first kappa shape index (κ1) is 14.2. The minimum atomic E-state index is -0.888. The molecule has 1 rings (SSSR count). The fraction of sp³-hybridized carbons (Fsp3) is 0.429. The number of carbonyl (C=O) groups is 1. The summed E-state index contributed by atoms with van der Waals surface area (Å²) in [5, 5.41) is 8.73. The van der Waals surface area contributed by atoms with Crippen molar-refractivity contribution in [3.05, 3.63) is 41.1 Å². The molecule has 1 aromatic rings. The zero-order chi connectivity index (χ0) is 13.5. The second-order valence-corrected chi connectivity index (χ2v) is 4.04. The lowest BCUT2D eigenvalue weighted by atomic mass is 10.1. The lowest BCUT2D eigenvalue weighted by Crippen LogP contribution is -2.01. The summed E-state index contributed by atoms with van der Waals surface area (Å²) >= 11 is 0. The average Bonchev–Trinajstić information content (AvgIpc) is 2.64. The molecule has 0 saturated carbocycles. The minimum absolute atomic E-state index is 0.0827. The van der Waals surface area contributed by atoms with Crippen LogP contribution in [0, 0.1) is 6.92 Å². The first-order chi connectivity index (χ1) is 8.56.